The van der Waals surface area contributed by atoms with Gasteiger partial charge in [0.05, 0.1) is 11.4 Å². The Morgan fingerprint density at radius 2 is 2.00 bits per heavy atom. The number of hydrogen-bond donors (Lipinski definition) is 0. The lowest BCUT2D eigenvalue weighted by Gasteiger charge is -2.23. The van der Waals surface area contributed by atoms with Gasteiger partial charge in [0.2, 0.25) is 0 Å². The Bertz CT molecular complexity index is 479. The molecule has 2 heterocycles. The molecule has 0 bridgehead atoms. The molecule has 2 rings (SSSR count). The molecule has 0 aromatic carbocycles. The standard InChI is InChI=1S/C15H19N3/c1-12-7-8-14(17-10-12)11-18(3)13(2)15-6-4-5-9-16-15/h4-10,13H,11H2,1-3H3/t13-/m1/s1. The zero-order valence-electron chi connectivity index (χ0n) is 11.2. The van der Waals surface area contributed by atoms with Crippen LogP contribution in [-0.4, -0.2) is 21.9 Å². The third-order valence-electron chi connectivity index (χ3n) is 3.16. The van der Waals surface area contributed by atoms with E-state index in [2.05, 4.69) is 54.0 Å². The van der Waals surface area contributed by atoms with Crippen molar-refractivity contribution in [2.75, 3.05) is 7.05 Å². The van der Waals surface area contributed by atoms with Crippen molar-refractivity contribution >= 4 is 0 Å². The van der Waals surface area contributed by atoms with Crippen molar-refractivity contribution in [2.24, 2.45) is 0 Å². The number of aromatic nitrogens is 2. The van der Waals surface area contributed by atoms with E-state index in [9.17, 15) is 0 Å². The molecule has 94 valence electrons. The van der Waals surface area contributed by atoms with Gasteiger partial charge in [-0.05, 0) is 44.7 Å². The van der Waals surface area contributed by atoms with Gasteiger partial charge in [0, 0.05) is 25.0 Å². The summed E-state index contributed by atoms with van der Waals surface area (Å²) in [6.07, 6.45) is 3.75. The number of hydrogen-bond acceptors (Lipinski definition) is 3. The van der Waals surface area contributed by atoms with E-state index in [0.717, 1.165) is 17.9 Å². The van der Waals surface area contributed by atoms with Crippen molar-refractivity contribution in [3.05, 3.63) is 59.7 Å². The van der Waals surface area contributed by atoms with Crippen LogP contribution in [0, 0.1) is 6.92 Å². The molecule has 0 N–H and O–H groups in total. The fourth-order valence-electron chi connectivity index (χ4n) is 1.83. The van der Waals surface area contributed by atoms with Gasteiger partial charge in [0.15, 0.2) is 0 Å². The zero-order chi connectivity index (χ0) is 13.0. The molecular weight excluding hydrogens is 222 g/mol. The summed E-state index contributed by atoms with van der Waals surface area (Å²) in [5.74, 6) is 0. The Labute approximate surface area is 109 Å². The molecule has 0 aliphatic carbocycles. The summed E-state index contributed by atoms with van der Waals surface area (Å²) in [7, 11) is 2.10. The van der Waals surface area contributed by atoms with E-state index in [-0.39, 0.29) is 6.04 Å². The maximum absolute atomic E-state index is 4.43. The normalized spacial score (nSPS) is 12.7. The zero-order valence-corrected chi connectivity index (χ0v) is 11.2. The van der Waals surface area contributed by atoms with Gasteiger partial charge in [-0.3, -0.25) is 14.9 Å². The first-order chi connectivity index (χ1) is 8.66. The van der Waals surface area contributed by atoms with E-state index < -0.39 is 0 Å². The van der Waals surface area contributed by atoms with Crippen LogP contribution in [0.4, 0.5) is 0 Å². The third-order valence-corrected chi connectivity index (χ3v) is 3.16. The predicted octanol–water partition coefficient (Wildman–Crippen LogP) is 2.98. The number of pyridine rings is 2. The smallest absolute Gasteiger partial charge is 0.0572 e. The van der Waals surface area contributed by atoms with Crippen LogP contribution in [-0.2, 0) is 6.54 Å². The van der Waals surface area contributed by atoms with Crippen LogP contribution in [0.15, 0.2) is 42.7 Å². The van der Waals surface area contributed by atoms with Crippen LogP contribution in [0.5, 0.6) is 0 Å². The third kappa shape index (κ3) is 3.14. The van der Waals surface area contributed by atoms with Crippen molar-refractivity contribution in [3.8, 4) is 0 Å². The molecule has 2 aromatic rings. The molecule has 0 unspecified atom stereocenters. The maximum atomic E-state index is 4.43. The molecule has 3 nitrogen and oxygen atoms in total. The maximum Gasteiger partial charge on any atom is 0.0572 e. The van der Waals surface area contributed by atoms with Gasteiger partial charge in [-0.25, -0.2) is 0 Å². The fourth-order valence-corrected chi connectivity index (χ4v) is 1.83. The van der Waals surface area contributed by atoms with E-state index in [1.54, 1.807) is 0 Å². The summed E-state index contributed by atoms with van der Waals surface area (Å²) < 4.78 is 0. The molecule has 0 radical (unpaired) electrons. The number of rotatable bonds is 4. The Kier molecular flexibility index (Phi) is 4.05. The lowest BCUT2D eigenvalue weighted by atomic mass is 10.2. The van der Waals surface area contributed by atoms with Gasteiger partial charge < -0.3 is 0 Å². The van der Waals surface area contributed by atoms with Crippen molar-refractivity contribution < 1.29 is 0 Å². The lowest BCUT2D eigenvalue weighted by Crippen LogP contribution is -2.23. The molecule has 0 saturated heterocycles. The first kappa shape index (κ1) is 12.7. The van der Waals surface area contributed by atoms with E-state index in [1.165, 1.54) is 5.56 Å². The van der Waals surface area contributed by atoms with Crippen molar-refractivity contribution in [2.45, 2.75) is 26.4 Å². The monoisotopic (exact) mass is 241 g/mol. The highest BCUT2D eigenvalue weighted by atomic mass is 15.1. The summed E-state index contributed by atoms with van der Waals surface area (Å²) in [6, 6.07) is 10.5. The van der Waals surface area contributed by atoms with Crippen molar-refractivity contribution in [1.29, 1.82) is 0 Å². The summed E-state index contributed by atoms with van der Waals surface area (Å²) in [6.45, 7) is 5.05. The molecule has 18 heavy (non-hydrogen) atoms. The topological polar surface area (TPSA) is 29.0 Å². The average molecular weight is 241 g/mol. The van der Waals surface area contributed by atoms with Crippen molar-refractivity contribution in [1.82, 2.24) is 14.9 Å². The summed E-state index contributed by atoms with van der Waals surface area (Å²) >= 11 is 0. The Morgan fingerprint density at radius 3 is 2.61 bits per heavy atom. The van der Waals surface area contributed by atoms with E-state index in [0.29, 0.717) is 0 Å². The lowest BCUT2D eigenvalue weighted by molar-refractivity contribution is 0.246. The van der Waals surface area contributed by atoms with Crippen LogP contribution < -0.4 is 0 Å². The molecule has 2 aromatic heterocycles. The summed E-state index contributed by atoms with van der Waals surface area (Å²) in [5.41, 5.74) is 3.37. The quantitative estimate of drug-likeness (QED) is 0.824. The second-order valence-electron chi connectivity index (χ2n) is 4.67. The predicted molar refractivity (Wildman–Crippen MR) is 73.1 cm³/mol. The van der Waals surface area contributed by atoms with Gasteiger partial charge in [0.25, 0.3) is 0 Å². The van der Waals surface area contributed by atoms with Gasteiger partial charge in [-0.1, -0.05) is 12.1 Å². The first-order valence-electron chi connectivity index (χ1n) is 6.19. The number of nitrogens with zero attached hydrogens (tertiary/aromatic N) is 3. The van der Waals surface area contributed by atoms with Crippen LogP contribution in [0.3, 0.4) is 0 Å². The SMILES string of the molecule is Cc1ccc(CN(C)[C@H](C)c2ccccn2)nc1. The van der Waals surface area contributed by atoms with E-state index in [4.69, 9.17) is 0 Å². The van der Waals surface area contributed by atoms with Gasteiger partial charge >= 0.3 is 0 Å². The Balaban J connectivity index is 2.03. The van der Waals surface area contributed by atoms with Crippen LogP contribution in [0.25, 0.3) is 0 Å². The molecule has 0 amide bonds. The number of aryl methyl sites for hydroxylation is 1. The van der Waals surface area contributed by atoms with Gasteiger partial charge in [-0.2, -0.15) is 0 Å². The second kappa shape index (κ2) is 5.74. The largest absolute Gasteiger partial charge is 0.292 e. The minimum atomic E-state index is 0.286. The molecular formula is C15H19N3. The minimum Gasteiger partial charge on any atom is -0.292 e. The van der Waals surface area contributed by atoms with Crippen molar-refractivity contribution in [3.63, 3.8) is 0 Å². The Hall–Kier alpha value is -1.74. The molecule has 0 spiro atoms. The van der Waals surface area contributed by atoms with Gasteiger partial charge in [-0.15, -0.1) is 0 Å². The molecule has 0 aliphatic rings. The van der Waals surface area contributed by atoms with Crippen LogP contribution in [0.2, 0.25) is 0 Å². The van der Waals surface area contributed by atoms with E-state index >= 15 is 0 Å². The van der Waals surface area contributed by atoms with E-state index in [1.807, 2.05) is 24.5 Å². The highest BCUT2D eigenvalue weighted by Gasteiger charge is 2.13. The van der Waals surface area contributed by atoms with Crippen LogP contribution in [0.1, 0.15) is 29.9 Å². The minimum absolute atomic E-state index is 0.286. The second-order valence-corrected chi connectivity index (χ2v) is 4.67. The fraction of sp³-hybridized carbons (Fsp3) is 0.333. The Morgan fingerprint density at radius 1 is 1.17 bits per heavy atom. The summed E-state index contributed by atoms with van der Waals surface area (Å²) in [5, 5.41) is 0. The molecule has 0 fully saturated rings. The highest BCUT2D eigenvalue weighted by molar-refractivity contribution is 5.13. The van der Waals surface area contributed by atoms with Gasteiger partial charge in [0.1, 0.15) is 0 Å². The summed E-state index contributed by atoms with van der Waals surface area (Å²) in [4.78, 5) is 11.1. The highest BCUT2D eigenvalue weighted by Crippen LogP contribution is 2.17. The average Bonchev–Trinajstić information content (AvgIpc) is 2.41. The van der Waals surface area contributed by atoms with Crippen LogP contribution >= 0.6 is 0 Å². The molecule has 1 atom stereocenters. The first-order valence-corrected chi connectivity index (χ1v) is 6.19. The molecule has 3 heteroatoms. The molecule has 0 saturated carbocycles. The molecule has 0 aliphatic heterocycles.